The molecular weight excluding hydrogens is 329 g/mol. The van der Waals surface area contributed by atoms with Crippen molar-refractivity contribution in [3.05, 3.63) is 46.7 Å². The first-order valence-corrected chi connectivity index (χ1v) is 6.80. The third kappa shape index (κ3) is 5.13. The molecule has 0 aliphatic heterocycles. The van der Waals surface area contributed by atoms with Crippen LogP contribution in [0.2, 0.25) is 0 Å². The zero-order chi connectivity index (χ0) is 15.1. The van der Waals surface area contributed by atoms with Gasteiger partial charge in [-0.2, -0.15) is 0 Å². The Bertz CT molecular complexity index is 519. The maximum absolute atomic E-state index is 13.1. The van der Waals surface area contributed by atoms with E-state index < -0.39 is 23.7 Å². The van der Waals surface area contributed by atoms with Gasteiger partial charge in [-0.1, -0.05) is 22.0 Å². The van der Waals surface area contributed by atoms with Gasteiger partial charge in [0, 0.05) is 4.47 Å². The second kappa shape index (κ2) is 7.79. The maximum Gasteiger partial charge on any atom is 0.326 e. The van der Waals surface area contributed by atoms with Crippen LogP contribution in [0.3, 0.4) is 0 Å². The van der Waals surface area contributed by atoms with Crippen molar-refractivity contribution < 1.29 is 19.1 Å². The number of allylic oxidation sites excluding steroid dienone is 1. The largest absolute Gasteiger partial charge is 0.480 e. The average molecular weight is 344 g/mol. The fourth-order valence-electron chi connectivity index (χ4n) is 1.64. The number of hydrogen-bond donors (Lipinski definition) is 2. The fourth-order valence-corrected chi connectivity index (χ4v) is 2.03. The van der Waals surface area contributed by atoms with Crippen LogP contribution in [-0.4, -0.2) is 23.0 Å². The standard InChI is InChI=1S/C14H15BrFNO3/c1-2-3-4-12(14(19)20)17-13(18)8-9-7-10(16)5-6-11(9)15/h2,5-7,12H,1,3-4,8H2,(H,17,18)(H,19,20). The van der Waals surface area contributed by atoms with E-state index in [0.29, 0.717) is 16.5 Å². The molecule has 1 amide bonds. The molecule has 1 atom stereocenters. The van der Waals surface area contributed by atoms with E-state index in [-0.39, 0.29) is 12.8 Å². The highest BCUT2D eigenvalue weighted by atomic mass is 79.9. The van der Waals surface area contributed by atoms with E-state index in [1.165, 1.54) is 18.2 Å². The van der Waals surface area contributed by atoms with Gasteiger partial charge in [0.2, 0.25) is 5.91 Å². The van der Waals surface area contributed by atoms with Gasteiger partial charge < -0.3 is 10.4 Å². The Kier molecular flexibility index (Phi) is 6.38. The summed E-state index contributed by atoms with van der Waals surface area (Å²) in [6, 6.07) is 3.05. The van der Waals surface area contributed by atoms with Crippen LogP contribution in [-0.2, 0) is 16.0 Å². The molecule has 0 fully saturated rings. The smallest absolute Gasteiger partial charge is 0.326 e. The van der Waals surface area contributed by atoms with Crippen molar-refractivity contribution in [2.45, 2.75) is 25.3 Å². The van der Waals surface area contributed by atoms with Gasteiger partial charge in [0.1, 0.15) is 11.9 Å². The van der Waals surface area contributed by atoms with Crippen molar-refractivity contribution in [1.29, 1.82) is 0 Å². The molecule has 2 N–H and O–H groups in total. The molecule has 108 valence electrons. The lowest BCUT2D eigenvalue weighted by Gasteiger charge is -2.14. The lowest BCUT2D eigenvalue weighted by Crippen LogP contribution is -2.41. The predicted octanol–water partition coefficient (Wildman–Crippen LogP) is 2.67. The highest BCUT2D eigenvalue weighted by molar-refractivity contribution is 9.10. The number of rotatable bonds is 7. The Labute approximate surface area is 124 Å². The number of halogens is 2. The van der Waals surface area contributed by atoms with Gasteiger partial charge in [0.05, 0.1) is 6.42 Å². The second-order valence-electron chi connectivity index (χ2n) is 4.24. The van der Waals surface area contributed by atoms with Crippen LogP contribution >= 0.6 is 15.9 Å². The lowest BCUT2D eigenvalue weighted by atomic mass is 10.1. The number of carboxylic acid groups (broad SMARTS) is 1. The van der Waals surface area contributed by atoms with Crippen LogP contribution in [0.1, 0.15) is 18.4 Å². The van der Waals surface area contributed by atoms with Crippen LogP contribution in [0.15, 0.2) is 35.3 Å². The summed E-state index contributed by atoms with van der Waals surface area (Å²) in [6.07, 6.45) is 2.26. The first-order valence-electron chi connectivity index (χ1n) is 6.01. The highest BCUT2D eigenvalue weighted by Gasteiger charge is 2.19. The van der Waals surface area contributed by atoms with E-state index in [1.54, 1.807) is 6.08 Å². The third-order valence-electron chi connectivity index (χ3n) is 2.65. The summed E-state index contributed by atoms with van der Waals surface area (Å²) in [5.74, 6) is -2.01. The minimum atomic E-state index is -1.10. The summed E-state index contributed by atoms with van der Waals surface area (Å²) in [4.78, 5) is 22.8. The molecule has 20 heavy (non-hydrogen) atoms. The summed E-state index contributed by atoms with van der Waals surface area (Å²) in [7, 11) is 0. The average Bonchev–Trinajstić information content (AvgIpc) is 2.38. The van der Waals surface area contributed by atoms with Gasteiger partial charge in [-0.05, 0) is 36.6 Å². The van der Waals surface area contributed by atoms with Crippen molar-refractivity contribution in [2.75, 3.05) is 0 Å². The summed E-state index contributed by atoms with van der Waals surface area (Å²) in [6.45, 7) is 3.51. The predicted molar refractivity (Wildman–Crippen MR) is 76.8 cm³/mol. The first-order chi connectivity index (χ1) is 9.43. The number of carboxylic acids is 1. The molecule has 0 radical (unpaired) electrons. The summed E-state index contributed by atoms with van der Waals surface area (Å²) in [5, 5.41) is 11.4. The molecule has 1 rings (SSSR count). The van der Waals surface area contributed by atoms with Gasteiger partial charge in [0.25, 0.3) is 0 Å². The Morgan fingerprint density at radius 2 is 2.20 bits per heavy atom. The van der Waals surface area contributed by atoms with Crippen LogP contribution in [0, 0.1) is 5.82 Å². The Morgan fingerprint density at radius 1 is 1.50 bits per heavy atom. The molecule has 0 saturated carbocycles. The maximum atomic E-state index is 13.1. The van der Waals surface area contributed by atoms with Crippen LogP contribution in [0.4, 0.5) is 4.39 Å². The number of benzene rings is 1. The van der Waals surface area contributed by atoms with Gasteiger partial charge in [-0.3, -0.25) is 4.79 Å². The minimum absolute atomic E-state index is 0.0871. The van der Waals surface area contributed by atoms with Crippen LogP contribution in [0.5, 0.6) is 0 Å². The molecule has 0 heterocycles. The molecule has 1 unspecified atom stereocenters. The first kappa shape index (κ1) is 16.4. The number of carbonyl (C=O) groups is 2. The molecule has 1 aromatic carbocycles. The normalized spacial score (nSPS) is 11.7. The van der Waals surface area contributed by atoms with Gasteiger partial charge in [-0.25, -0.2) is 9.18 Å². The van der Waals surface area contributed by atoms with Crippen LogP contribution in [0.25, 0.3) is 0 Å². The molecule has 0 aromatic heterocycles. The number of hydrogen-bond acceptors (Lipinski definition) is 2. The van der Waals surface area contributed by atoms with E-state index in [9.17, 15) is 14.0 Å². The third-order valence-corrected chi connectivity index (χ3v) is 3.43. The van der Waals surface area contributed by atoms with E-state index in [4.69, 9.17) is 5.11 Å². The fraction of sp³-hybridized carbons (Fsp3) is 0.286. The lowest BCUT2D eigenvalue weighted by molar-refractivity contribution is -0.141. The van der Waals surface area contributed by atoms with E-state index in [1.807, 2.05) is 0 Å². The quantitative estimate of drug-likeness (QED) is 0.748. The monoisotopic (exact) mass is 343 g/mol. The molecule has 1 aromatic rings. The molecule has 6 heteroatoms. The molecule has 0 spiro atoms. The molecule has 4 nitrogen and oxygen atoms in total. The molecular formula is C14H15BrFNO3. The van der Waals surface area contributed by atoms with Crippen LogP contribution < -0.4 is 5.32 Å². The van der Waals surface area contributed by atoms with E-state index >= 15 is 0 Å². The summed E-state index contributed by atoms with van der Waals surface area (Å²) < 4.78 is 13.7. The minimum Gasteiger partial charge on any atom is -0.480 e. The zero-order valence-electron chi connectivity index (χ0n) is 10.7. The number of amides is 1. The highest BCUT2D eigenvalue weighted by Crippen LogP contribution is 2.18. The second-order valence-corrected chi connectivity index (χ2v) is 5.09. The van der Waals surface area contributed by atoms with Crippen molar-refractivity contribution in [3.63, 3.8) is 0 Å². The van der Waals surface area contributed by atoms with Gasteiger partial charge >= 0.3 is 5.97 Å². The summed E-state index contributed by atoms with van der Waals surface area (Å²) in [5.41, 5.74) is 0.468. The molecule has 0 bridgehead atoms. The van der Waals surface area contributed by atoms with Crippen molar-refractivity contribution in [2.24, 2.45) is 0 Å². The molecule has 0 aliphatic carbocycles. The number of nitrogens with one attached hydrogen (secondary N) is 1. The van der Waals surface area contributed by atoms with Gasteiger partial charge in [0.15, 0.2) is 0 Å². The summed E-state index contributed by atoms with van der Waals surface area (Å²) >= 11 is 3.22. The van der Waals surface area contributed by atoms with Crippen molar-refractivity contribution in [3.8, 4) is 0 Å². The Balaban J connectivity index is 2.67. The van der Waals surface area contributed by atoms with Crippen molar-refractivity contribution >= 4 is 27.8 Å². The van der Waals surface area contributed by atoms with Gasteiger partial charge in [-0.15, -0.1) is 6.58 Å². The number of aliphatic carboxylic acids is 1. The van der Waals surface area contributed by atoms with Crippen molar-refractivity contribution in [1.82, 2.24) is 5.32 Å². The topological polar surface area (TPSA) is 66.4 Å². The Hall–Kier alpha value is -1.69. The number of carbonyl (C=O) groups excluding carboxylic acids is 1. The Morgan fingerprint density at radius 3 is 2.80 bits per heavy atom. The van der Waals surface area contributed by atoms with E-state index in [2.05, 4.69) is 27.8 Å². The SMILES string of the molecule is C=CCCC(NC(=O)Cc1cc(F)ccc1Br)C(=O)O. The molecule has 0 aliphatic rings. The van der Waals surface area contributed by atoms with E-state index in [0.717, 1.165) is 0 Å². The zero-order valence-corrected chi connectivity index (χ0v) is 12.3. The molecule has 0 saturated heterocycles.